The lowest BCUT2D eigenvalue weighted by Crippen LogP contribution is -2.48. The van der Waals surface area contributed by atoms with Gasteiger partial charge in [-0.05, 0) is 49.7 Å². The standard InChI is InChI=1S/C24H27BrN4O2/c25-19-6-3-7-20(15-19)29-22-9-2-1-8-21(22)26-23(29)17-27-10-4-5-18(16-27)24(30)28-11-13-31-14-12-28/h1-3,6-9,15,18H,4-5,10-14,16-17H2/t18-/m1/s1. The van der Waals surface area contributed by atoms with Gasteiger partial charge in [-0.3, -0.25) is 14.3 Å². The average Bonchev–Trinajstić information content (AvgIpc) is 3.17. The van der Waals surface area contributed by atoms with Gasteiger partial charge < -0.3 is 9.64 Å². The zero-order valence-corrected chi connectivity index (χ0v) is 19.1. The van der Waals surface area contributed by atoms with E-state index in [9.17, 15) is 4.79 Å². The van der Waals surface area contributed by atoms with Crippen molar-refractivity contribution in [2.75, 3.05) is 39.4 Å². The van der Waals surface area contributed by atoms with Crippen LogP contribution in [0.15, 0.2) is 53.0 Å². The van der Waals surface area contributed by atoms with Crippen LogP contribution in [0.2, 0.25) is 0 Å². The summed E-state index contributed by atoms with van der Waals surface area (Å²) in [7, 11) is 0. The Morgan fingerprint density at radius 2 is 1.94 bits per heavy atom. The molecule has 0 bridgehead atoms. The summed E-state index contributed by atoms with van der Waals surface area (Å²) in [5.74, 6) is 1.36. The molecule has 1 aromatic heterocycles. The highest BCUT2D eigenvalue weighted by Gasteiger charge is 2.30. The predicted octanol–water partition coefficient (Wildman–Crippen LogP) is 3.86. The number of fused-ring (bicyclic) bond motifs is 1. The molecule has 0 radical (unpaired) electrons. The number of hydrogen-bond donors (Lipinski definition) is 0. The van der Waals surface area contributed by atoms with Crippen LogP contribution in [0.5, 0.6) is 0 Å². The summed E-state index contributed by atoms with van der Waals surface area (Å²) >= 11 is 3.60. The monoisotopic (exact) mass is 482 g/mol. The predicted molar refractivity (Wildman–Crippen MR) is 124 cm³/mol. The van der Waals surface area contributed by atoms with E-state index in [0.717, 1.165) is 59.5 Å². The van der Waals surface area contributed by atoms with Crippen LogP contribution in [0.1, 0.15) is 18.7 Å². The normalized spacial score (nSPS) is 20.3. The lowest BCUT2D eigenvalue weighted by molar-refractivity contribution is -0.141. The second-order valence-corrected chi connectivity index (χ2v) is 9.26. The molecule has 3 heterocycles. The number of amides is 1. The van der Waals surface area contributed by atoms with E-state index in [1.165, 1.54) is 0 Å². The third-order valence-electron chi connectivity index (χ3n) is 6.24. The van der Waals surface area contributed by atoms with Gasteiger partial charge in [-0.25, -0.2) is 4.98 Å². The molecular formula is C24H27BrN4O2. The number of para-hydroxylation sites is 2. The van der Waals surface area contributed by atoms with Crippen LogP contribution in [0.25, 0.3) is 16.7 Å². The summed E-state index contributed by atoms with van der Waals surface area (Å²) in [6.07, 6.45) is 2.01. The van der Waals surface area contributed by atoms with E-state index in [-0.39, 0.29) is 11.8 Å². The van der Waals surface area contributed by atoms with Crippen molar-refractivity contribution in [1.82, 2.24) is 19.4 Å². The molecule has 0 aliphatic carbocycles. The Labute approximate surface area is 190 Å². The van der Waals surface area contributed by atoms with Crippen molar-refractivity contribution in [3.05, 3.63) is 58.8 Å². The Morgan fingerprint density at radius 3 is 2.77 bits per heavy atom. The smallest absolute Gasteiger partial charge is 0.227 e. The number of halogens is 1. The molecular weight excluding hydrogens is 456 g/mol. The van der Waals surface area contributed by atoms with Crippen molar-refractivity contribution in [2.24, 2.45) is 5.92 Å². The fraction of sp³-hybridized carbons (Fsp3) is 0.417. The fourth-order valence-corrected chi connectivity index (χ4v) is 5.12. The van der Waals surface area contributed by atoms with E-state index in [2.05, 4.69) is 61.8 Å². The van der Waals surface area contributed by atoms with Gasteiger partial charge >= 0.3 is 0 Å². The van der Waals surface area contributed by atoms with Gasteiger partial charge in [0.1, 0.15) is 5.82 Å². The van der Waals surface area contributed by atoms with Gasteiger partial charge in [0.2, 0.25) is 5.91 Å². The molecule has 6 nitrogen and oxygen atoms in total. The summed E-state index contributed by atoms with van der Waals surface area (Å²) < 4.78 is 8.70. The van der Waals surface area contributed by atoms with Gasteiger partial charge in [-0.15, -0.1) is 0 Å². The van der Waals surface area contributed by atoms with Gasteiger partial charge in [0.05, 0.1) is 36.7 Å². The number of benzene rings is 2. The Bertz CT molecular complexity index is 1080. The number of nitrogens with zero attached hydrogens (tertiary/aromatic N) is 4. The first kappa shape index (κ1) is 20.7. The molecule has 2 fully saturated rings. The first-order valence-electron chi connectivity index (χ1n) is 11.0. The van der Waals surface area contributed by atoms with Crippen LogP contribution in [0.3, 0.4) is 0 Å². The molecule has 1 atom stereocenters. The summed E-state index contributed by atoms with van der Waals surface area (Å²) in [4.78, 5) is 22.4. The number of aromatic nitrogens is 2. The van der Waals surface area contributed by atoms with Gasteiger partial charge in [0.15, 0.2) is 0 Å². The molecule has 2 aromatic carbocycles. The van der Waals surface area contributed by atoms with Crippen molar-refractivity contribution >= 4 is 32.9 Å². The van der Waals surface area contributed by atoms with E-state index >= 15 is 0 Å². The lowest BCUT2D eigenvalue weighted by atomic mass is 9.96. The maximum Gasteiger partial charge on any atom is 0.227 e. The minimum Gasteiger partial charge on any atom is -0.378 e. The zero-order valence-electron chi connectivity index (χ0n) is 17.5. The average molecular weight is 483 g/mol. The van der Waals surface area contributed by atoms with Gasteiger partial charge in [0, 0.05) is 29.8 Å². The van der Waals surface area contributed by atoms with E-state index in [1.54, 1.807) is 0 Å². The van der Waals surface area contributed by atoms with Gasteiger partial charge in [-0.2, -0.15) is 0 Å². The molecule has 3 aromatic rings. The first-order valence-corrected chi connectivity index (χ1v) is 11.8. The zero-order chi connectivity index (χ0) is 21.2. The van der Waals surface area contributed by atoms with E-state index in [1.807, 2.05) is 17.0 Å². The molecule has 2 aliphatic rings. The minimum absolute atomic E-state index is 0.0653. The number of piperidine rings is 1. The Hall–Kier alpha value is -2.22. The highest BCUT2D eigenvalue weighted by molar-refractivity contribution is 9.10. The summed E-state index contributed by atoms with van der Waals surface area (Å²) in [6, 6.07) is 16.6. The van der Waals surface area contributed by atoms with Crippen LogP contribution in [0, 0.1) is 5.92 Å². The Kier molecular flexibility index (Phi) is 6.07. The second kappa shape index (κ2) is 9.10. The largest absolute Gasteiger partial charge is 0.378 e. The number of ether oxygens (including phenoxy) is 1. The SMILES string of the molecule is O=C([C@@H]1CCCN(Cc2nc3ccccc3n2-c2cccc(Br)c2)C1)N1CCOCC1. The molecule has 2 aliphatic heterocycles. The lowest BCUT2D eigenvalue weighted by Gasteiger charge is -2.36. The van der Waals surface area contributed by atoms with Crippen LogP contribution < -0.4 is 0 Å². The van der Waals surface area contributed by atoms with E-state index in [0.29, 0.717) is 26.3 Å². The molecule has 162 valence electrons. The molecule has 0 saturated carbocycles. The molecule has 0 unspecified atom stereocenters. The van der Waals surface area contributed by atoms with Crippen LogP contribution >= 0.6 is 15.9 Å². The van der Waals surface area contributed by atoms with E-state index in [4.69, 9.17) is 9.72 Å². The Balaban J connectivity index is 1.40. The first-order chi connectivity index (χ1) is 15.2. The summed E-state index contributed by atoms with van der Waals surface area (Å²) in [6.45, 7) is 5.25. The maximum atomic E-state index is 13.0. The maximum absolute atomic E-state index is 13.0. The van der Waals surface area contributed by atoms with Gasteiger partial charge in [0.25, 0.3) is 0 Å². The highest BCUT2D eigenvalue weighted by atomic mass is 79.9. The number of carbonyl (C=O) groups excluding carboxylic acids is 1. The van der Waals surface area contributed by atoms with Crippen molar-refractivity contribution in [2.45, 2.75) is 19.4 Å². The van der Waals surface area contributed by atoms with Crippen molar-refractivity contribution < 1.29 is 9.53 Å². The molecule has 7 heteroatoms. The molecule has 1 amide bonds. The minimum atomic E-state index is 0.0653. The molecule has 0 spiro atoms. The highest BCUT2D eigenvalue weighted by Crippen LogP contribution is 2.26. The number of rotatable bonds is 4. The quantitative estimate of drug-likeness (QED) is 0.566. The third-order valence-corrected chi connectivity index (χ3v) is 6.73. The Morgan fingerprint density at radius 1 is 1.10 bits per heavy atom. The topological polar surface area (TPSA) is 50.6 Å². The summed E-state index contributed by atoms with van der Waals surface area (Å²) in [5.41, 5.74) is 3.19. The third kappa shape index (κ3) is 4.40. The van der Waals surface area contributed by atoms with E-state index < -0.39 is 0 Å². The van der Waals surface area contributed by atoms with Crippen LogP contribution in [-0.2, 0) is 16.1 Å². The van der Waals surface area contributed by atoms with Crippen molar-refractivity contribution in [3.8, 4) is 5.69 Å². The number of imidazole rings is 1. The number of morpholine rings is 1. The van der Waals surface area contributed by atoms with Crippen LogP contribution in [0.4, 0.5) is 0 Å². The number of carbonyl (C=O) groups is 1. The molecule has 5 rings (SSSR count). The molecule has 2 saturated heterocycles. The molecule has 0 N–H and O–H groups in total. The fourth-order valence-electron chi connectivity index (χ4n) is 4.73. The van der Waals surface area contributed by atoms with Gasteiger partial charge in [-0.1, -0.05) is 34.1 Å². The van der Waals surface area contributed by atoms with Crippen molar-refractivity contribution in [3.63, 3.8) is 0 Å². The number of hydrogen-bond acceptors (Lipinski definition) is 4. The summed E-state index contributed by atoms with van der Waals surface area (Å²) in [5, 5.41) is 0. The molecule has 31 heavy (non-hydrogen) atoms. The van der Waals surface area contributed by atoms with Crippen molar-refractivity contribution in [1.29, 1.82) is 0 Å². The second-order valence-electron chi connectivity index (χ2n) is 8.34. The van der Waals surface area contributed by atoms with Crippen LogP contribution in [-0.4, -0.2) is 64.7 Å². The number of likely N-dealkylation sites (tertiary alicyclic amines) is 1.